The van der Waals surface area contributed by atoms with Crippen LogP contribution in [-0.4, -0.2) is 18.5 Å². The van der Waals surface area contributed by atoms with Gasteiger partial charge in [0.15, 0.2) is 0 Å². The molecule has 3 rings (SSSR count). The Kier molecular flexibility index (Phi) is 4.23. The van der Waals surface area contributed by atoms with Gasteiger partial charge in [-0.2, -0.15) is 0 Å². The van der Waals surface area contributed by atoms with Crippen molar-refractivity contribution in [2.45, 2.75) is 50.0 Å². The Morgan fingerprint density at radius 3 is 2.57 bits per heavy atom. The lowest BCUT2D eigenvalue weighted by Gasteiger charge is -2.19. The van der Waals surface area contributed by atoms with E-state index in [0.717, 1.165) is 43.7 Å². The fourth-order valence-electron chi connectivity index (χ4n) is 3.42. The zero-order valence-electron chi connectivity index (χ0n) is 12.3. The first-order valence-electron chi connectivity index (χ1n) is 7.87. The van der Waals surface area contributed by atoms with Crippen molar-refractivity contribution in [1.29, 1.82) is 0 Å². The number of halogens is 1. The van der Waals surface area contributed by atoms with Gasteiger partial charge in [-0.1, -0.05) is 30.2 Å². The molecule has 0 heterocycles. The molecule has 21 heavy (non-hydrogen) atoms. The molecule has 0 unspecified atom stereocenters. The third-order valence-electron chi connectivity index (χ3n) is 5.10. The molecule has 114 valence electrons. The van der Waals surface area contributed by atoms with Gasteiger partial charge in [0.05, 0.1) is 0 Å². The fourth-order valence-corrected chi connectivity index (χ4v) is 3.54. The summed E-state index contributed by atoms with van der Waals surface area (Å²) in [6.45, 7) is 0.732. The maximum atomic E-state index is 12.1. The largest absolute Gasteiger partial charge is 0.355 e. The Bertz CT molecular complexity index is 510. The lowest BCUT2D eigenvalue weighted by Crippen LogP contribution is -2.35. The monoisotopic (exact) mass is 306 g/mol. The molecular weight excluding hydrogens is 284 g/mol. The summed E-state index contributed by atoms with van der Waals surface area (Å²) < 4.78 is 0. The van der Waals surface area contributed by atoms with E-state index < -0.39 is 0 Å². The number of hydrogen-bond donors (Lipinski definition) is 2. The quantitative estimate of drug-likeness (QED) is 0.878. The molecule has 2 aliphatic carbocycles. The smallest absolute Gasteiger partial charge is 0.220 e. The van der Waals surface area contributed by atoms with E-state index in [9.17, 15) is 4.79 Å². The molecule has 1 aromatic rings. The van der Waals surface area contributed by atoms with E-state index in [1.54, 1.807) is 0 Å². The highest BCUT2D eigenvalue weighted by Gasteiger charge is 2.44. The summed E-state index contributed by atoms with van der Waals surface area (Å²) in [5, 5.41) is 3.88. The molecule has 0 radical (unpaired) electrons. The molecule has 1 aromatic carbocycles. The van der Waals surface area contributed by atoms with E-state index >= 15 is 0 Å². The zero-order chi connectivity index (χ0) is 14.9. The van der Waals surface area contributed by atoms with E-state index in [1.165, 1.54) is 5.56 Å². The van der Waals surface area contributed by atoms with Crippen LogP contribution >= 0.6 is 11.6 Å². The van der Waals surface area contributed by atoms with Crippen molar-refractivity contribution in [3.63, 3.8) is 0 Å². The average molecular weight is 307 g/mol. The van der Waals surface area contributed by atoms with Crippen molar-refractivity contribution in [3.8, 4) is 0 Å². The molecule has 4 heteroatoms. The molecule has 2 saturated carbocycles. The normalized spacial score (nSPS) is 26.6. The first-order chi connectivity index (χ1) is 10.1. The molecule has 3 nitrogen and oxygen atoms in total. The van der Waals surface area contributed by atoms with Crippen LogP contribution in [-0.2, 0) is 10.2 Å². The fraction of sp³-hybridized carbons (Fsp3) is 0.588. The number of benzene rings is 1. The third kappa shape index (κ3) is 3.41. The predicted octanol–water partition coefficient (Wildman–Crippen LogP) is 3.01. The summed E-state index contributed by atoms with van der Waals surface area (Å²) in [6.07, 6.45) is 6.17. The van der Waals surface area contributed by atoms with Crippen LogP contribution in [0.3, 0.4) is 0 Å². The standard InChI is InChI=1S/C17H23ClN2O/c18-14-6-4-13(5-7-14)17(8-9-17)11-20-16(21)10-12-2-1-3-15(12)19/h4-7,12,15H,1-3,8-11,19H2,(H,20,21)/t12-,15+/m0/s1. The van der Waals surface area contributed by atoms with E-state index in [0.29, 0.717) is 12.3 Å². The van der Waals surface area contributed by atoms with Gasteiger partial charge < -0.3 is 11.1 Å². The summed E-state index contributed by atoms with van der Waals surface area (Å²) in [7, 11) is 0. The molecular formula is C17H23ClN2O. The molecule has 2 aliphatic rings. The van der Waals surface area contributed by atoms with Crippen LogP contribution in [0.15, 0.2) is 24.3 Å². The number of hydrogen-bond acceptors (Lipinski definition) is 2. The molecule has 3 N–H and O–H groups in total. The molecule has 2 atom stereocenters. The summed E-state index contributed by atoms with van der Waals surface area (Å²) >= 11 is 5.94. The lowest BCUT2D eigenvalue weighted by molar-refractivity contribution is -0.122. The zero-order valence-corrected chi connectivity index (χ0v) is 13.0. The van der Waals surface area contributed by atoms with Crippen molar-refractivity contribution in [2.24, 2.45) is 11.7 Å². The van der Waals surface area contributed by atoms with Crippen LogP contribution in [0.1, 0.15) is 44.1 Å². The Labute approximate surface area is 131 Å². The van der Waals surface area contributed by atoms with Gasteiger partial charge in [-0.3, -0.25) is 4.79 Å². The van der Waals surface area contributed by atoms with Crippen molar-refractivity contribution in [3.05, 3.63) is 34.9 Å². The molecule has 1 amide bonds. The van der Waals surface area contributed by atoms with Crippen molar-refractivity contribution >= 4 is 17.5 Å². The minimum absolute atomic E-state index is 0.137. The highest BCUT2D eigenvalue weighted by Crippen LogP contribution is 2.47. The number of rotatable bonds is 5. The molecule has 0 aromatic heterocycles. The Morgan fingerprint density at radius 1 is 1.29 bits per heavy atom. The molecule has 0 spiro atoms. The van der Waals surface area contributed by atoms with Crippen molar-refractivity contribution in [1.82, 2.24) is 5.32 Å². The minimum Gasteiger partial charge on any atom is -0.355 e. The first kappa shape index (κ1) is 14.9. The van der Waals surface area contributed by atoms with E-state index in [1.807, 2.05) is 12.1 Å². The van der Waals surface area contributed by atoms with Crippen LogP contribution in [0.5, 0.6) is 0 Å². The predicted molar refractivity (Wildman–Crippen MR) is 85.3 cm³/mol. The number of nitrogens with two attached hydrogens (primary N) is 1. The molecule has 0 bridgehead atoms. The second kappa shape index (κ2) is 5.98. The Morgan fingerprint density at radius 2 is 2.00 bits per heavy atom. The summed E-state index contributed by atoms with van der Waals surface area (Å²) in [4.78, 5) is 12.1. The van der Waals surface area contributed by atoms with Gasteiger partial charge in [-0.15, -0.1) is 0 Å². The Hall–Kier alpha value is -1.06. The first-order valence-corrected chi connectivity index (χ1v) is 8.25. The van der Waals surface area contributed by atoms with E-state index in [2.05, 4.69) is 17.4 Å². The van der Waals surface area contributed by atoms with Crippen LogP contribution < -0.4 is 11.1 Å². The minimum atomic E-state index is 0.137. The molecule has 0 saturated heterocycles. The second-order valence-electron chi connectivity index (χ2n) is 6.62. The third-order valence-corrected chi connectivity index (χ3v) is 5.35. The topological polar surface area (TPSA) is 55.1 Å². The van der Waals surface area contributed by atoms with Gasteiger partial charge in [0.1, 0.15) is 0 Å². The summed E-state index contributed by atoms with van der Waals surface area (Å²) in [5.41, 5.74) is 7.45. The number of amides is 1. The maximum Gasteiger partial charge on any atom is 0.220 e. The van der Waals surface area contributed by atoms with Crippen molar-refractivity contribution in [2.75, 3.05) is 6.54 Å². The number of nitrogens with one attached hydrogen (secondary N) is 1. The van der Waals surface area contributed by atoms with Crippen molar-refractivity contribution < 1.29 is 4.79 Å². The average Bonchev–Trinajstić information content (AvgIpc) is 3.16. The number of carbonyl (C=O) groups excluding carboxylic acids is 1. The van der Waals surface area contributed by atoms with E-state index in [-0.39, 0.29) is 17.4 Å². The summed E-state index contributed by atoms with van der Waals surface area (Å²) in [5.74, 6) is 0.522. The highest BCUT2D eigenvalue weighted by atomic mass is 35.5. The van der Waals surface area contributed by atoms with Gasteiger partial charge in [0.2, 0.25) is 5.91 Å². The van der Waals surface area contributed by atoms with Crippen LogP contribution in [0.4, 0.5) is 0 Å². The van der Waals surface area contributed by atoms with Crippen LogP contribution in [0.2, 0.25) is 5.02 Å². The number of carbonyl (C=O) groups is 1. The van der Waals surface area contributed by atoms with Gasteiger partial charge in [-0.05, 0) is 49.3 Å². The van der Waals surface area contributed by atoms with Gasteiger partial charge in [0.25, 0.3) is 0 Å². The van der Waals surface area contributed by atoms with Crippen LogP contribution in [0, 0.1) is 5.92 Å². The van der Waals surface area contributed by atoms with Gasteiger partial charge >= 0.3 is 0 Å². The lowest BCUT2D eigenvalue weighted by atomic mass is 9.95. The second-order valence-corrected chi connectivity index (χ2v) is 7.06. The SMILES string of the molecule is N[C@@H]1CCC[C@H]1CC(=O)NCC1(c2ccc(Cl)cc2)CC1. The summed E-state index contributed by atoms with van der Waals surface area (Å²) in [6, 6.07) is 8.22. The van der Waals surface area contributed by atoms with Crippen LogP contribution in [0.25, 0.3) is 0 Å². The molecule has 0 aliphatic heterocycles. The highest BCUT2D eigenvalue weighted by molar-refractivity contribution is 6.30. The maximum absolute atomic E-state index is 12.1. The van der Waals surface area contributed by atoms with E-state index in [4.69, 9.17) is 17.3 Å². The molecule has 2 fully saturated rings. The van der Waals surface area contributed by atoms with Gasteiger partial charge in [-0.25, -0.2) is 0 Å². The van der Waals surface area contributed by atoms with Gasteiger partial charge in [0, 0.05) is 29.4 Å². The Balaban J connectivity index is 1.52.